The molecule has 0 aromatic carbocycles. The molecular weight excluding hydrogens is 476 g/mol. The second kappa shape index (κ2) is 12.4. The van der Waals surface area contributed by atoms with Gasteiger partial charge in [-0.25, -0.2) is 14.6 Å². The Labute approximate surface area is 207 Å². The average Bonchev–Trinajstić information content (AvgIpc) is 3.38. The van der Waals surface area contributed by atoms with Crippen LogP contribution in [0.1, 0.15) is 52.0 Å². The fourth-order valence-corrected chi connectivity index (χ4v) is 4.70. The second-order valence-electron chi connectivity index (χ2n) is 8.56. The van der Waals surface area contributed by atoms with Crippen LogP contribution in [-0.2, 0) is 9.59 Å². The van der Waals surface area contributed by atoms with Crippen molar-refractivity contribution >= 4 is 40.6 Å². The van der Waals surface area contributed by atoms with E-state index in [2.05, 4.69) is 44.8 Å². The number of aliphatic hydroxyl groups is 3. The van der Waals surface area contributed by atoms with E-state index >= 15 is 0 Å². The van der Waals surface area contributed by atoms with Crippen LogP contribution in [0.4, 0.5) is 5.82 Å². The van der Waals surface area contributed by atoms with Crippen LogP contribution in [0.5, 0.6) is 0 Å². The van der Waals surface area contributed by atoms with E-state index in [9.17, 15) is 19.8 Å². The molecule has 0 spiro atoms. The Hall–Kier alpha value is -2.55. The lowest BCUT2D eigenvalue weighted by Crippen LogP contribution is -2.48. The van der Waals surface area contributed by atoms with Crippen molar-refractivity contribution in [2.24, 2.45) is 11.7 Å². The number of amides is 2. The van der Waals surface area contributed by atoms with Gasteiger partial charge in [-0.05, 0) is 25.7 Å². The minimum atomic E-state index is -1.40. The fraction of sp³-hybridized carbons (Fsp3) is 0.714. The summed E-state index contributed by atoms with van der Waals surface area (Å²) in [6.07, 6.45) is 0.164. The van der Waals surface area contributed by atoms with Gasteiger partial charge in [-0.3, -0.25) is 9.59 Å². The normalized spacial score (nSPS) is 22.9. The monoisotopic (exact) mass is 510 g/mol. The van der Waals surface area contributed by atoms with Gasteiger partial charge in [0.15, 0.2) is 22.1 Å². The second-order valence-corrected chi connectivity index (χ2v) is 9.62. The van der Waals surface area contributed by atoms with Crippen molar-refractivity contribution in [2.45, 2.75) is 75.4 Å². The van der Waals surface area contributed by atoms with Crippen LogP contribution in [0.25, 0.3) is 11.2 Å². The molecule has 35 heavy (non-hydrogen) atoms. The Balaban J connectivity index is 1.89. The smallest absolute Gasteiger partial charge is 0.240 e. The summed E-state index contributed by atoms with van der Waals surface area (Å²) in [6, 6.07) is -1.86. The van der Waals surface area contributed by atoms with E-state index < -0.39 is 42.0 Å². The number of thioether (sulfide) groups is 1. The highest BCUT2D eigenvalue weighted by Gasteiger charge is 2.47. The first-order chi connectivity index (χ1) is 16.8. The summed E-state index contributed by atoms with van der Waals surface area (Å²) >= 11 is 1.49. The molecule has 0 radical (unpaired) electrons. The number of hydrogen-bond acceptors (Lipinski definition) is 11. The van der Waals surface area contributed by atoms with Gasteiger partial charge < -0.3 is 31.7 Å². The first-order valence-corrected chi connectivity index (χ1v) is 12.9. The highest BCUT2D eigenvalue weighted by Crippen LogP contribution is 2.37. The van der Waals surface area contributed by atoms with Gasteiger partial charge in [0.25, 0.3) is 0 Å². The van der Waals surface area contributed by atoms with Crippen LogP contribution in [0.2, 0.25) is 0 Å². The highest BCUT2D eigenvalue weighted by molar-refractivity contribution is 7.99. The van der Waals surface area contributed by atoms with Crippen molar-refractivity contribution in [1.29, 1.82) is 0 Å². The SMILES string of the molecule is CCCCNc1nc(SCCC)nc2c1nnn2[C@@H]1C[C@H](C(=O)NC(CCO)C(N)=O)[C@@H](O)[C@H]1O. The van der Waals surface area contributed by atoms with Crippen molar-refractivity contribution in [3.63, 3.8) is 0 Å². The van der Waals surface area contributed by atoms with Gasteiger partial charge in [-0.15, -0.1) is 5.10 Å². The summed E-state index contributed by atoms with van der Waals surface area (Å²) in [4.78, 5) is 33.5. The van der Waals surface area contributed by atoms with Crippen molar-refractivity contribution in [3.8, 4) is 0 Å². The maximum atomic E-state index is 12.8. The summed E-state index contributed by atoms with van der Waals surface area (Å²) in [5, 5.41) is 45.2. The quantitative estimate of drug-likeness (QED) is 0.116. The molecule has 1 aliphatic rings. The Bertz CT molecular complexity index is 1020. The molecule has 2 amide bonds. The van der Waals surface area contributed by atoms with Crippen LogP contribution >= 0.6 is 11.8 Å². The van der Waals surface area contributed by atoms with Crippen LogP contribution in [0, 0.1) is 5.92 Å². The zero-order valence-corrected chi connectivity index (χ0v) is 20.7. The molecule has 1 unspecified atom stereocenters. The third-order valence-electron chi connectivity index (χ3n) is 5.94. The minimum absolute atomic E-state index is 0.0390. The molecule has 2 aromatic rings. The number of nitrogens with one attached hydrogen (secondary N) is 2. The van der Waals surface area contributed by atoms with E-state index in [0.29, 0.717) is 28.7 Å². The maximum Gasteiger partial charge on any atom is 0.240 e. The number of hydrogen-bond donors (Lipinski definition) is 6. The van der Waals surface area contributed by atoms with E-state index in [4.69, 9.17) is 10.8 Å². The Morgan fingerprint density at radius 1 is 1.23 bits per heavy atom. The highest BCUT2D eigenvalue weighted by atomic mass is 32.2. The number of unbranched alkanes of at least 4 members (excludes halogenated alkanes) is 1. The molecule has 7 N–H and O–H groups in total. The van der Waals surface area contributed by atoms with Gasteiger partial charge >= 0.3 is 0 Å². The molecule has 194 valence electrons. The molecule has 3 rings (SSSR count). The van der Waals surface area contributed by atoms with Crippen molar-refractivity contribution in [2.75, 3.05) is 24.2 Å². The van der Waals surface area contributed by atoms with Crippen molar-refractivity contribution < 1.29 is 24.9 Å². The average molecular weight is 511 g/mol. The summed E-state index contributed by atoms with van der Waals surface area (Å²) < 4.78 is 1.43. The van der Waals surface area contributed by atoms with E-state index in [-0.39, 0.29) is 19.4 Å². The molecule has 0 saturated heterocycles. The fourth-order valence-electron chi connectivity index (χ4n) is 4.00. The van der Waals surface area contributed by atoms with E-state index in [1.807, 2.05) is 0 Å². The predicted molar refractivity (Wildman–Crippen MR) is 130 cm³/mol. The molecule has 0 bridgehead atoms. The van der Waals surface area contributed by atoms with Crippen LogP contribution < -0.4 is 16.4 Å². The van der Waals surface area contributed by atoms with E-state index in [1.54, 1.807) is 0 Å². The third-order valence-corrected chi connectivity index (χ3v) is 6.99. The van der Waals surface area contributed by atoms with Crippen molar-refractivity contribution in [3.05, 3.63) is 0 Å². The van der Waals surface area contributed by atoms with Crippen LogP contribution in [0.3, 0.4) is 0 Å². The molecule has 1 fully saturated rings. The summed E-state index contributed by atoms with van der Waals surface area (Å²) in [5.74, 6) is -1.09. The predicted octanol–water partition coefficient (Wildman–Crippen LogP) is -0.429. The molecule has 1 aliphatic carbocycles. The first-order valence-electron chi connectivity index (χ1n) is 11.9. The number of fused-ring (bicyclic) bond motifs is 1. The third kappa shape index (κ3) is 6.18. The van der Waals surface area contributed by atoms with Gasteiger partial charge in [-0.1, -0.05) is 37.2 Å². The molecule has 2 heterocycles. The number of aliphatic hydroxyl groups excluding tert-OH is 3. The number of nitrogens with two attached hydrogens (primary N) is 1. The first kappa shape index (κ1) is 27.0. The Kier molecular flexibility index (Phi) is 9.60. The zero-order valence-electron chi connectivity index (χ0n) is 19.9. The Morgan fingerprint density at radius 2 is 2.00 bits per heavy atom. The molecule has 5 atom stereocenters. The van der Waals surface area contributed by atoms with Gasteiger partial charge in [-0.2, -0.15) is 0 Å². The van der Waals surface area contributed by atoms with E-state index in [0.717, 1.165) is 25.0 Å². The minimum Gasteiger partial charge on any atom is -0.396 e. The largest absolute Gasteiger partial charge is 0.396 e. The topological polar surface area (TPSA) is 201 Å². The molecule has 0 aliphatic heterocycles. The van der Waals surface area contributed by atoms with Crippen LogP contribution in [0.15, 0.2) is 5.16 Å². The van der Waals surface area contributed by atoms with Gasteiger partial charge in [0, 0.05) is 18.9 Å². The number of carbonyl (C=O) groups is 2. The Morgan fingerprint density at radius 3 is 2.66 bits per heavy atom. The zero-order chi connectivity index (χ0) is 25.5. The van der Waals surface area contributed by atoms with Gasteiger partial charge in [0.05, 0.1) is 18.1 Å². The molecule has 13 nitrogen and oxygen atoms in total. The molecule has 14 heteroatoms. The molecule has 1 saturated carbocycles. The van der Waals surface area contributed by atoms with Gasteiger partial charge in [0.2, 0.25) is 11.8 Å². The summed E-state index contributed by atoms with van der Waals surface area (Å²) in [7, 11) is 0. The number of primary amides is 1. The van der Waals surface area contributed by atoms with Crippen molar-refractivity contribution in [1.82, 2.24) is 30.3 Å². The standard InChI is InChI=1S/C21H34N8O5S/c1-3-5-7-23-18-14-19(26-21(25-18)35-9-4-2)29(28-27-14)13-10-11(15(31)16(13)32)20(34)24-12(6-8-30)17(22)33/h11-13,15-16,30-32H,3-10H2,1-2H3,(H2,22,33)(H,24,34)(H,23,25,26)/t11-,12?,13+,15+,16-/m0/s1. The molecular formula is C21H34N8O5S. The number of carbonyl (C=O) groups excluding carboxylic acids is 2. The van der Waals surface area contributed by atoms with E-state index in [1.165, 1.54) is 16.4 Å². The van der Waals surface area contributed by atoms with Crippen LogP contribution in [-0.4, -0.2) is 89.3 Å². The molecule has 2 aromatic heterocycles. The lowest BCUT2D eigenvalue weighted by Gasteiger charge is -2.19. The van der Waals surface area contributed by atoms with Gasteiger partial charge in [0.1, 0.15) is 12.1 Å². The lowest BCUT2D eigenvalue weighted by molar-refractivity contribution is -0.133. The number of anilines is 1. The number of aromatic nitrogens is 5. The number of nitrogens with zero attached hydrogens (tertiary/aromatic N) is 5. The summed E-state index contributed by atoms with van der Waals surface area (Å²) in [5.41, 5.74) is 6.12. The maximum absolute atomic E-state index is 12.8. The lowest BCUT2D eigenvalue weighted by atomic mass is 10.0. The number of rotatable bonds is 13. The summed E-state index contributed by atoms with van der Waals surface area (Å²) in [6.45, 7) is 4.51.